The van der Waals surface area contributed by atoms with E-state index >= 15 is 0 Å². The minimum absolute atomic E-state index is 0.0568. The van der Waals surface area contributed by atoms with Crippen LogP contribution in [0, 0.1) is 0 Å². The Morgan fingerprint density at radius 3 is 2.67 bits per heavy atom. The zero-order chi connectivity index (χ0) is 13.1. The van der Waals surface area contributed by atoms with Gasteiger partial charge in [0.25, 0.3) is 5.91 Å². The first kappa shape index (κ1) is 12.1. The van der Waals surface area contributed by atoms with Crippen molar-refractivity contribution in [2.45, 2.75) is 0 Å². The molecular weight excluding hydrogens is 258 g/mol. The van der Waals surface area contributed by atoms with Gasteiger partial charge in [-0.2, -0.15) is 5.10 Å². The van der Waals surface area contributed by atoms with E-state index in [2.05, 4.69) is 15.5 Å². The molecule has 7 heteroatoms. The largest absolute Gasteiger partial charge is 0.478 e. The molecular formula is C11H8ClN3O3. The number of aromatic amines is 1. The third-order valence-corrected chi connectivity index (χ3v) is 2.54. The van der Waals surface area contributed by atoms with Crippen LogP contribution in [0.2, 0.25) is 5.02 Å². The predicted molar refractivity (Wildman–Crippen MR) is 65.0 cm³/mol. The molecule has 0 atom stereocenters. The van der Waals surface area contributed by atoms with Crippen molar-refractivity contribution in [2.24, 2.45) is 0 Å². The van der Waals surface area contributed by atoms with Crippen LogP contribution in [0.4, 0.5) is 5.69 Å². The number of carbonyl (C=O) groups excluding carboxylic acids is 1. The maximum atomic E-state index is 11.7. The number of rotatable bonds is 3. The zero-order valence-electron chi connectivity index (χ0n) is 8.98. The van der Waals surface area contributed by atoms with Crippen molar-refractivity contribution in [3.8, 4) is 0 Å². The van der Waals surface area contributed by atoms with Gasteiger partial charge in [-0.05, 0) is 18.2 Å². The molecule has 3 N–H and O–H groups in total. The minimum atomic E-state index is -1.08. The van der Waals surface area contributed by atoms with E-state index in [9.17, 15) is 9.59 Å². The molecule has 0 unspecified atom stereocenters. The molecule has 0 saturated heterocycles. The average molecular weight is 266 g/mol. The third-order valence-electron chi connectivity index (χ3n) is 2.22. The molecule has 0 fully saturated rings. The molecule has 92 valence electrons. The van der Waals surface area contributed by atoms with Gasteiger partial charge in [-0.3, -0.25) is 9.89 Å². The van der Waals surface area contributed by atoms with Crippen LogP contribution in [0.15, 0.2) is 30.6 Å². The topological polar surface area (TPSA) is 95.1 Å². The number of carboxylic acid groups (broad SMARTS) is 1. The van der Waals surface area contributed by atoms with Crippen LogP contribution in [0.25, 0.3) is 0 Å². The van der Waals surface area contributed by atoms with E-state index in [4.69, 9.17) is 16.7 Å². The number of amides is 1. The lowest BCUT2D eigenvalue weighted by Crippen LogP contribution is -2.11. The molecule has 0 radical (unpaired) electrons. The molecule has 1 aromatic carbocycles. The lowest BCUT2D eigenvalue weighted by atomic mass is 10.2. The quantitative estimate of drug-likeness (QED) is 0.791. The number of hydrogen-bond donors (Lipinski definition) is 3. The van der Waals surface area contributed by atoms with E-state index in [0.717, 1.165) is 0 Å². The molecule has 2 aromatic rings. The number of anilines is 1. The molecule has 0 saturated carbocycles. The Morgan fingerprint density at radius 1 is 1.33 bits per heavy atom. The fraction of sp³-hybridized carbons (Fsp3) is 0. The number of benzene rings is 1. The van der Waals surface area contributed by atoms with Gasteiger partial charge >= 0.3 is 5.97 Å². The second-order valence-electron chi connectivity index (χ2n) is 3.44. The van der Waals surface area contributed by atoms with Crippen LogP contribution in [0.3, 0.4) is 0 Å². The van der Waals surface area contributed by atoms with Gasteiger partial charge in [-0.1, -0.05) is 11.6 Å². The van der Waals surface area contributed by atoms with Crippen LogP contribution >= 0.6 is 11.6 Å². The summed E-state index contributed by atoms with van der Waals surface area (Å²) < 4.78 is 0. The van der Waals surface area contributed by atoms with Crippen molar-refractivity contribution in [3.05, 3.63) is 46.7 Å². The van der Waals surface area contributed by atoms with Gasteiger partial charge in [0.1, 0.15) is 0 Å². The maximum absolute atomic E-state index is 11.7. The first-order chi connectivity index (χ1) is 8.58. The SMILES string of the molecule is O=C(O)c1ccc(NC(=O)c2cn[nH]c2)c(Cl)c1. The van der Waals surface area contributed by atoms with Gasteiger partial charge in [0, 0.05) is 6.20 Å². The molecule has 0 aliphatic rings. The van der Waals surface area contributed by atoms with Crippen LogP contribution < -0.4 is 5.32 Å². The number of aromatic nitrogens is 2. The van der Waals surface area contributed by atoms with Crippen molar-refractivity contribution in [1.29, 1.82) is 0 Å². The van der Waals surface area contributed by atoms with Gasteiger partial charge < -0.3 is 10.4 Å². The summed E-state index contributed by atoms with van der Waals surface area (Å²) in [6, 6.07) is 4.07. The second-order valence-corrected chi connectivity index (χ2v) is 3.85. The zero-order valence-corrected chi connectivity index (χ0v) is 9.73. The summed E-state index contributed by atoms with van der Waals surface area (Å²) in [5.74, 6) is -1.46. The van der Waals surface area contributed by atoms with Crippen molar-refractivity contribution in [3.63, 3.8) is 0 Å². The Bertz CT molecular complexity index is 596. The third kappa shape index (κ3) is 2.49. The molecule has 2 rings (SSSR count). The van der Waals surface area contributed by atoms with E-state index in [1.54, 1.807) is 0 Å². The van der Waals surface area contributed by atoms with E-state index in [-0.39, 0.29) is 16.5 Å². The summed E-state index contributed by atoms with van der Waals surface area (Å²) in [5.41, 5.74) is 0.752. The molecule has 0 aliphatic heterocycles. The van der Waals surface area contributed by atoms with Gasteiger partial charge in [0.15, 0.2) is 0 Å². The molecule has 1 heterocycles. The summed E-state index contributed by atoms with van der Waals surface area (Å²) >= 11 is 5.88. The number of H-pyrrole nitrogens is 1. The first-order valence-corrected chi connectivity index (χ1v) is 5.28. The van der Waals surface area contributed by atoms with Gasteiger partial charge in [-0.15, -0.1) is 0 Å². The second kappa shape index (κ2) is 4.89. The minimum Gasteiger partial charge on any atom is -0.478 e. The Kier molecular flexibility index (Phi) is 3.29. The summed E-state index contributed by atoms with van der Waals surface area (Å²) in [6.45, 7) is 0. The Labute approximate surface area is 107 Å². The molecule has 0 spiro atoms. The molecule has 0 bridgehead atoms. The van der Waals surface area contributed by atoms with Crippen LogP contribution in [-0.2, 0) is 0 Å². The number of carbonyl (C=O) groups is 2. The van der Waals surface area contributed by atoms with E-state index in [1.165, 1.54) is 30.6 Å². The Balaban J connectivity index is 2.20. The Morgan fingerprint density at radius 2 is 2.11 bits per heavy atom. The van der Waals surface area contributed by atoms with Crippen molar-refractivity contribution >= 4 is 29.2 Å². The lowest BCUT2D eigenvalue weighted by molar-refractivity contribution is 0.0696. The number of hydrogen-bond acceptors (Lipinski definition) is 3. The summed E-state index contributed by atoms with van der Waals surface area (Å²) in [5, 5.41) is 17.6. The number of halogens is 1. The van der Waals surface area contributed by atoms with Gasteiger partial charge in [0.05, 0.1) is 28.0 Å². The summed E-state index contributed by atoms with van der Waals surface area (Å²) in [4.78, 5) is 22.4. The predicted octanol–water partition coefficient (Wildman–Crippen LogP) is 2.01. The van der Waals surface area contributed by atoms with E-state index in [0.29, 0.717) is 11.3 Å². The van der Waals surface area contributed by atoms with Crippen molar-refractivity contribution in [2.75, 3.05) is 5.32 Å². The lowest BCUT2D eigenvalue weighted by Gasteiger charge is -2.06. The summed E-state index contributed by atoms with van der Waals surface area (Å²) in [6.07, 6.45) is 2.81. The number of nitrogens with zero attached hydrogens (tertiary/aromatic N) is 1. The van der Waals surface area contributed by atoms with Crippen LogP contribution in [0.5, 0.6) is 0 Å². The fourth-order valence-electron chi connectivity index (χ4n) is 1.32. The normalized spacial score (nSPS) is 10.1. The van der Waals surface area contributed by atoms with Crippen molar-refractivity contribution in [1.82, 2.24) is 10.2 Å². The molecule has 18 heavy (non-hydrogen) atoms. The molecule has 1 amide bonds. The fourth-order valence-corrected chi connectivity index (χ4v) is 1.55. The van der Waals surface area contributed by atoms with Crippen LogP contribution in [-0.4, -0.2) is 27.2 Å². The highest BCUT2D eigenvalue weighted by Gasteiger charge is 2.11. The molecule has 0 aliphatic carbocycles. The van der Waals surface area contributed by atoms with Crippen molar-refractivity contribution < 1.29 is 14.7 Å². The molecule has 1 aromatic heterocycles. The highest BCUT2D eigenvalue weighted by atomic mass is 35.5. The van der Waals surface area contributed by atoms with Crippen LogP contribution in [0.1, 0.15) is 20.7 Å². The maximum Gasteiger partial charge on any atom is 0.335 e. The Hall–Kier alpha value is -2.34. The number of carboxylic acids is 1. The average Bonchev–Trinajstić information content (AvgIpc) is 2.85. The van der Waals surface area contributed by atoms with E-state index < -0.39 is 5.97 Å². The van der Waals surface area contributed by atoms with Gasteiger partial charge in [-0.25, -0.2) is 4.79 Å². The van der Waals surface area contributed by atoms with Gasteiger partial charge in [0.2, 0.25) is 0 Å². The highest BCUT2D eigenvalue weighted by molar-refractivity contribution is 6.34. The highest BCUT2D eigenvalue weighted by Crippen LogP contribution is 2.23. The number of aromatic carboxylic acids is 1. The monoisotopic (exact) mass is 265 g/mol. The smallest absolute Gasteiger partial charge is 0.335 e. The number of nitrogens with one attached hydrogen (secondary N) is 2. The standard InChI is InChI=1S/C11H8ClN3O3/c12-8-3-6(11(17)18)1-2-9(8)15-10(16)7-4-13-14-5-7/h1-5H,(H,13,14)(H,15,16)(H,17,18). The summed E-state index contributed by atoms with van der Waals surface area (Å²) in [7, 11) is 0. The van der Waals surface area contributed by atoms with E-state index in [1.807, 2.05) is 0 Å². The molecule has 6 nitrogen and oxygen atoms in total. The first-order valence-electron chi connectivity index (χ1n) is 4.91.